The van der Waals surface area contributed by atoms with Crippen LogP contribution in [-0.2, 0) is 16.0 Å². The van der Waals surface area contributed by atoms with Gasteiger partial charge < -0.3 is 4.74 Å². The van der Waals surface area contributed by atoms with Gasteiger partial charge in [0.2, 0.25) is 0 Å². The topological polar surface area (TPSA) is 56.5 Å². The predicted molar refractivity (Wildman–Crippen MR) is 58.1 cm³/mol. The summed E-state index contributed by atoms with van der Waals surface area (Å²) in [4.78, 5) is 19.7. The Morgan fingerprint density at radius 2 is 2.38 bits per heavy atom. The van der Waals surface area contributed by atoms with Gasteiger partial charge in [-0.1, -0.05) is 0 Å². The third kappa shape index (κ3) is 2.03. The van der Waals surface area contributed by atoms with Crippen molar-refractivity contribution in [3.8, 4) is 0 Å². The molecule has 2 rings (SSSR count). The van der Waals surface area contributed by atoms with Gasteiger partial charge in [0, 0.05) is 12.4 Å². The van der Waals surface area contributed by atoms with Crippen LogP contribution in [0, 0.1) is 6.92 Å². The molecule has 0 unspecified atom stereocenters. The summed E-state index contributed by atoms with van der Waals surface area (Å²) in [6.45, 7) is 4.07. The van der Waals surface area contributed by atoms with Crippen LogP contribution in [0.3, 0.4) is 0 Å². The Bertz CT molecular complexity index is 519. The molecular weight excluding hydrogens is 206 g/mol. The van der Waals surface area contributed by atoms with Gasteiger partial charge in [-0.05, 0) is 19.9 Å². The SMILES string of the molecule is CCOC(=O)Cc1cn2c(C)nccc2n1. The molecule has 2 aromatic rings. The lowest BCUT2D eigenvalue weighted by Gasteiger charge is -1.97. The normalized spacial score (nSPS) is 10.6. The molecule has 0 saturated heterocycles. The van der Waals surface area contributed by atoms with Crippen molar-refractivity contribution in [2.75, 3.05) is 6.61 Å². The largest absolute Gasteiger partial charge is 0.466 e. The van der Waals surface area contributed by atoms with Crippen LogP contribution in [0.1, 0.15) is 18.4 Å². The molecule has 84 valence electrons. The summed E-state index contributed by atoms with van der Waals surface area (Å²) in [6.07, 6.45) is 3.72. The van der Waals surface area contributed by atoms with Gasteiger partial charge in [0.15, 0.2) is 0 Å². The van der Waals surface area contributed by atoms with E-state index in [-0.39, 0.29) is 12.4 Å². The van der Waals surface area contributed by atoms with Crippen LogP contribution in [0.4, 0.5) is 0 Å². The maximum absolute atomic E-state index is 11.3. The van der Waals surface area contributed by atoms with Crippen LogP contribution < -0.4 is 0 Å². The molecule has 0 spiro atoms. The Kier molecular flexibility index (Phi) is 2.85. The first-order chi connectivity index (χ1) is 7.70. The number of carbonyl (C=O) groups excluding carboxylic acids is 1. The van der Waals surface area contributed by atoms with E-state index >= 15 is 0 Å². The standard InChI is InChI=1S/C11H13N3O2/c1-3-16-11(15)6-9-7-14-8(2)12-5-4-10(14)13-9/h4-5,7H,3,6H2,1-2H3. The first kappa shape index (κ1) is 10.6. The number of esters is 1. The highest BCUT2D eigenvalue weighted by atomic mass is 16.5. The minimum absolute atomic E-state index is 0.203. The van der Waals surface area contributed by atoms with Gasteiger partial charge >= 0.3 is 5.97 Å². The summed E-state index contributed by atoms with van der Waals surface area (Å²) in [5, 5.41) is 0. The minimum Gasteiger partial charge on any atom is -0.466 e. The number of hydrogen-bond acceptors (Lipinski definition) is 4. The Hall–Kier alpha value is -1.91. The van der Waals surface area contributed by atoms with Crippen LogP contribution in [-0.4, -0.2) is 26.9 Å². The number of fused-ring (bicyclic) bond motifs is 1. The smallest absolute Gasteiger partial charge is 0.311 e. The second kappa shape index (κ2) is 4.30. The molecule has 2 aromatic heterocycles. The molecule has 0 aliphatic carbocycles. The molecule has 0 aromatic carbocycles. The number of hydrogen-bond donors (Lipinski definition) is 0. The lowest BCUT2D eigenvalue weighted by Crippen LogP contribution is -2.07. The van der Waals surface area contributed by atoms with Crippen LogP contribution >= 0.6 is 0 Å². The lowest BCUT2D eigenvalue weighted by molar-refractivity contribution is -0.142. The van der Waals surface area contributed by atoms with Gasteiger partial charge in [0.1, 0.15) is 11.5 Å². The summed E-state index contributed by atoms with van der Waals surface area (Å²) in [5.74, 6) is 0.594. The molecule has 0 saturated carbocycles. The van der Waals surface area contributed by atoms with E-state index in [2.05, 4.69) is 9.97 Å². The first-order valence-electron chi connectivity index (χ1n) is 5.16. The predicted octanol–water partition coefficient (Wildman–Crippen LogP) is 1.14. The summed E-state index contributed by atoms with van der Waals surface area (Å²) >= 11 is 0. The van der Waals surface area contributed by atoms with Crippen molar-refractivity contribution in [3.05, 3.63) is 30.0 Å². The van der Waals surface area contributed by atoms with E-state index in [1.807, 2.05) is 23.6 Å². The van der Waals surface area contributed by atoms with Crippen molar-refractivity contribution in [2.45, 2.75) is 20.3 Å². The van der Waals surface area contributed by atoms with Crippen LogP contribution in [0.25, 0.3) is 5.65 Å². The number of rotatable bonds is 3. The zero-order valence-corrected chi connectivity index (χ0v) is 9.30. The third-order valence-electron chi connectivity index (χ3n) is 2.25. The Balaban J connectivity index is 2.26. The summed E-state index contributed by atoms with van der Waals surface area (Å²) in [6, 6.07) is 1.81. The van der Waals surface area contributed by atoms with E-state index < -0.39 is 0 Å². The molecule has 0 radical (unpaired) electrons. The number of imidazole rings is 1. The third-order valence-corrected chi connectivity index (χ3v) is 2.25. The monoisotopic (exact) mass is 219 g/mol. The lowest BCUT2D eigenvalue weighted by atomic mass is 10.3. The van der Waals surface area contributed by atoms with E-state index in [1.165, 1.54) is 0 Å². The van der Waals surface area contributed by atoms with Gasteiger partial charge in [-0.15, -0.1) is 0 Å². The fraction of sp³-hybridized carbons (Fsp3) is 0.364. The zero-order valence-electron chi connectivity index (χ0n) is 9.30. The van der Waals surface area contributed by atoms with Crippen molar-refractivity contribution in [1.82, 2.24) is 14.4 Å². The van der Waals surface area contributed by atoms with Gasteiger partial charge in [-0.25, -0.2) is 9.97 Å². The van der Waals surface area contributed by atoms with Crippen molar-refractivity contribution >= 4 is 11.6 Å². The maximum atomic E-state index is 11.3. The molecule has 0 fully saturated rings. The van der Waals surface area contributed by atoms with Gasteiger partial charge in [-0.2, -0.15) is 0 Å². The number of aromatic nitrogens is 3. The molecular formula is C11H13N3O2. The fourth-order valence-corrected chi connectivity index (χ4v) is 1.54. The molecule has 0 atom stereocenters. The van der Waals surface area contributed by atoms with Crippen LogP contribution in [0.5, 0.6) is 0 Å². The van der Waals surface area contributed by atoms with Crippen molar-refractivity contribution in [1.29, 1.82) is 0 Å². The van der Waals surface area contributed by atoms with E-state index in [0.29, 0.717) is 12.3 Å². The highest BCUT2D eigenvalue weighted by Crippen LogP contribution is 2.07. The highest BCUT2D eigenvalue weighted by molar-refractivity contribution is 5.72. The summed E-state index contributed by atoms with van der Waals surface area (Å²) in [7, 11) is 0. The van der Waals surface area contributed by atoms with E-state index in [1.54, 1.807) is 13.1 Å². The quantitative estimate of drug-likeness (QED) is 0.726. The van der Waals surface area contributed by atoms with Crippen LogP contribution in [0.2, 0.25) is 0 Å². The highest BCUT2D eigenvalue weighted by Gasteiger charge is 2.08. The average molecular weight is 219 g/mol. The average Bonchev–Trinajstić information content (AvgIpc) is 2.62. The van der Waals surface area contributed by atoms with E-state index in [0.717, 1.165) is 11.5 Å². The molecule has 0 aliphatic rings. The fourth-order valence-electron chi connectivity index (χ4n) is 1.54. The molecule has 5 heteroatoms. The number of aryl methyl sites for hydroxylation is 1. The Morgan fingerprint density at radius 1 is 1.56 bits per heavy atom. The second-order valence-electron chi connectivity index (χ2n) is 3.43. The molecule has 0 N–H and O–H groups in total. The van der Waals surface area contributed by atoms with Gasteiger partial charge in [0.25, 0.3) is 0 Å². The molecule has 0 bridgehead atoms. The number of ether oxygens (including phenoxy) is 1. The van der Waals surface area contributed by atoms with Crippen molar-refractivity contribution < 1.29 is 9.53 Å². The molecule has 0 amide bonds. The van der Waals surface area contributed by atoms with E-state index in [4.69, 9.17) is 4.74 Å². The number of carbonyl (C=O) groups is 1. The zero-order chi connectivity index (χ0) is 11.5. The van der Waals surface area contributed by atoms with Crippen LogP contribution in [0.15, 0.2) is 18.5 Å². The van der Waals surface area contributed by atoms with Gasteiger partial charge in [0.05, 0.1) is 18.7 Å². The van der Waals surface area contributed by atoms with Crippen molar-refractivity contribution in [3.63, 3.8) is 0 Å². The molecule has 16 heavy (non-hydrogen) atoms. The second-order valence-corrected chi connectivity index (χ2v) is 3.43. The molecule has 5 nitrogen and oxygen atoms in total. The molecule has 2 heterocycles. The Labute approximate surface area is 93.1 Å². The Morgan fingerprint density at radius 3 is 3.06 bits per heavy atom. The molecule has 0 aliphatic heterocycles. The summed E-state index contributed by atoms with van der Waals surface area (Å²) in [5.41, 5.74) is 1.50. The number of nitrogens with zero attached hydrogens (tertiary/aromatic N) is 3. The maximum Gasteiger partial charge on any atom is 0.311 e. The first-order valence-corrected chi connectivity index (χ1v) is 5.16. The minimum atomic E-state index is -0.253. The summed E-state index contributed by atoms with van der Waals surface area (Å²) < 4.78 is 6.72. The van der Waals surface area contributed by atoms with Gasteiger partial charge in [-0.3, -0.25) is 9.20 Å². The van der Waals surface area contributed by atoms with E-state index in [9.17, 15) is 4.79 Å². The van der Waals surface area contributed by atoms with Crippen molar-refractivity contribution in [2.24, 2.45) is 0 Å².